The summed E-state index contributed by atoms with van der Waals surface area (Å²) >= 11 is 6.11. The third-order valence-corrected chi connectivity index (χ3v) is 8.13. The fourth-order valence-corrected chi connectivity index (χ4v) is 6.18. The maximum atomic E-state index is 13.7. The zero-order valence-corrected chi connectivity index (χ0v) is 20.6. The third kappa shape index (κ3) is 4.80. The number of amides is 1. The number of ether oxygens (including phenoxy) is 2. The number of aromatic amines is 1. The van der Waals surface area contributed by atoms with Gasteiger partial charge in [-0.05, 0) is 53.6 Å². The van der Waals surface area contributed by atoms with Crippen LogP contribution in [0.4, 0.5) is 0 Å². The van der Waals surface area contributed by atoms with Crippen molar-refractivity contribution < 1.29 is 22.7 Å². The van der Waals surface area contributed by atoms with Gasteiger partial charge in [0.1, 0.15) is 29.0 Å². The molecular weight excluding hydrogens is 504 g/mol. The molecule has 0 saturated carbocycles. The smallest absolute Gasteiger partial charge is 0.266 e. The number of benzene rings is 2. The number of H-pyrrole nitrogens is 1. The Balaban J connectivity index is 1.35. The average molecular weight is 527 g/mol. The normalized spacial score (nSPS) is 16.8. The van der Waals surface area contributed by atoms with Crippen LogP contribution in [0.15, 0.2) is 71.9 Å². The van der Waals surface area contributed by atoms with Crippen LogP contribution in [0, 0.1) is 0 Å². The van der Waals surface area contributed by atoms with E-state index >= 15 is 0 Å². The molecule has 0 bridgehead atoms. The van der Waals surface area contributed by atoms with Gasteiger partial charge in [-0.25, -0.2) is 8.42 Å². The zero-order valence-electron chi connectivity index (χ0n) is 19.1. The Labute approximate surface area is 212 Å². The summed E-state index contributed by atoms with van der Waals surface area (Å²) in [6.45, 7) is 0.507. The molecule has 5 rings (SSSR count). The number of hydrogen-bond donors (Lipinski definition) is 2. The summed E-state index contributed by atoms with van der Waals surface area (Å²) in [6, 6.07) is 16.1. The molecule has 2 aromatic heterocycles. The molecule has 0 radical (unpaired) electrons. The first kappa shape index (κ1) is 24.3. The van der Waals surface area contributed by atoms with Gasteiger partial charge in [0.2, 0.25) is 10.0 Å². The Bertz CT molecular complexity index is 1520. The van der Waals surface area contributed by atoms with Crippen LogP contribution in [0.3, 0.4) is 0 Å². The summed E-state index contributed by atoms with van der Waals surface area (Å²) in [7, 11) is -4.10. The van der Waals surface area contributed by atoms with Crippen LogP contribution in [0.25, 0.3) is 22.0 Å². The van der Waals surface area contributed by atoms with Crippen molar-refractivity contribution in [1.82, 2.24) is 14.3 Å². The Morgan fingerprint density at radius 3 is 2.75 bits per heavy atom. The molecule has 1 atom stereocenters. The van der Waals surface area contributed by atoms with Gasteiger partial charge in [-0.2, -0.15) is 4.31 Å². The monoisotopic (exact) mass is 526 g/mol. The number of halogens is 1. The van der Waals surface area contributed by atoms with E-state index in [9.17, 15) is 13.2 Å². The van der Waals surface area contributed by atoms with Gasteiger partial charge in [-0.15, -0.1) is 0 Å². The number of carbonyl (C=O) groups is 1. The lowest BCUT2D eigenvalue weighted by Gasteiger charge is -2.32. The van der Waals surface area contributed by atoms with E-state index in [1.807, 2.05) is 36.4 Å². The SMILES string of the molecule is NC(=O)c1[nH]c2ccc(Cl)cc2c1S(=O)(=O)N1CCOC(COc2cccc(-c3ccncc3)c2)C1. The number of carbonyl (C=O) groups excluding carboxylic acids is 1. The molecule has 1 aliphatic rings. The molecule has 11 heteroatoms. The van der Waals surface area contributed by atoms with Crippen LogP contribution < -0.4 is 10.5 Å². The molecule has 4 aromatic rings. The lowest BCUT2D eigenvalue weighted by Crippen LogP contribution is -2.47. The second-order valence-electron chi connectivity index (χ2n) is 8.31. The van der Waals surface area contributed by atoms with Gasteiger partial charge in [-0.1, -0.05) is 23.7 Å². The zero-order chi connectivity index (χ0) is 25.3. The van der Waals surface area contributed by atoms with E-state index in [1.54, 1.807) is 24.5 Å². The number of nitrogens with zero attached hydrogens (tertiary/aromatic N) is 2. The molecule has 2 aromatic carbocycles. The minimum absolute atomic E-state index is 0.0534. The summed E-state index contributed by atoms with van der Waals surface area (Å²) in [4.78, 5) is 18.8. The molecule has 0 aliphatic carbocycles. The van der Waals surface area contributed by atoms with Crippen molar-refractivity contribution in [2.75, 3.05) is 26.3 Å². The molecule has 3 N–H and O–H groups in total. The third-order valence-electron chi connectivity index (χ3n) is 5.94. The summed E-state index contributed by atoms with van der Waals surface area (Å²) < 4.78 is 40.4. The molecule has 1 unspecified atom stereocenters. The number of morpholine rings is 1. The number of pyridine rings is 1. The van der Waals surface area contributed by atoms with Crippen molar-refractivity contribution in [2.45, 2.75) is 11.0 Å². The number of fused-ring (bicyclic) bond motifs is 1. The van der Waals surface area contributed by atoms with Crippen LogP contribution in [0.5, 0.6) is 5.75 Å². The van der Waals surface area contributed by atoms with Gasteiger partial charge in [0.05, 0.1) is 6.61 Å². The van der Waals surface area contributed by atoms with Crippen molar-refractivity contribution in [1.29, 1.82) is 0 Å². The molecule has 186 valence electrons. The Morgan fingerprint density at radius 2 is 1.97 bits per heavy atom. The Morgan fingerprint density at radius 1 is 1.17 bits per heavy atom. The number of sulfonamides is 1. The number of rotatable bonds is 7. The van der Waals surface area contributed by atoms with E-state index in [-0.39, 0.29) is 36.9 Å². The highest BCUT2D eigenvalue weighted by Crippen LogP contribution is 2.32. The summed E-state index contributed by atoms with van der Waals surface area (Å²) in [6.07, 6.45) is 2.93. The van der Waals surface area contributed by atoms with Gasteiger partial charge >= 0.3 is 0 Å². The highest BCUT2D eigenvalue weighted by Gasteiger charge is 2.36. The second-order valence-corrected chi connectivity index (χ2v) is 10.6. The molecule has 3 heterocycles. The number of nitrogens with two attached hydrogens (primary N) is 1. The van der Waals surface area contributed by atoms with Crippen LogP contribution in [0.1, 0.15) is 10.5 Å². The Kier molecular flexibility index (Phi) is 6.67. The van der Waals surface area contributed by atoms with Crippen molar-refractivity contribution >= 4 is 38.4 Å². The highest BCUT2D eigenvalue weighted by molar-refractivity contribution is 7.89. The molecule has 0 spiro atoms. The lowest BCUT2D eigenvalue weighted by atomic mass is 10.1. The maximum absolute atomic E-state index is 13.7. The minimum atomic E-state index is -4.10. The molecule has 36 heavy (non-hydrogen) atoms. The Hall–Kier alpha value is -3.44. The van der Waals surface area contributed by atoms with E-state index in [0.29, 0.717) is 21.7 Å². The molecule has 9 nitrogen and oxygen atoms in total. The summed E-state index contributed by atoms with van der Waals surface area (Å²) in [5.74, 6) is -0.238. The van der Waals surface area contributed by atoms with Gasteiger partial charge in [0.15, 0.2) is 0 Å². The number of aromatic nitrogens is 2. The van der Waals surface area contributed by atoms with Crippen LogP contribution in [-0.4, -0.2) is 61.0 Å². The van der Waals surface area contributed by atoms with E-state index in [1.165, 1.54) is 10.4 Å². The van der Waals surface area contributed by atoms with Crippen LogP contribution >= 0.6 is 11.6 Å². The molecule has 1 aliphatic heterocycles. The van der Waals surface area contributed by atoms with E-state index in [2.05, 4.69) is 9.97 Å². The summed E-state index contributed by atoms with van der Waals surface area (Å²) in [5, 5.41) is 0.653. The summed E-state index contributed by atoms with van der Waals surface area (Å²) in [5.41, 5.74) is 7.75. The maximum Gasteiger partial charge on any atom is 0.266 e. The largest absolute Gasteiger partial charge is 0.491 e. The van der Waals surface area contributed by atoms with Crippen molar-refractivity contribution in [3.05, 3.63) is 77.7 Å². The van der Waals surface area contributed by atoms with Crippen LogP contribution in [-0.2, 0) is 14.8 Å². The first-order valence-corrected chi connectivity index (χ1v) is 13.0. The van der Waals surface area contributed by atoms with Gasteiger partial charge < -0.3 is 20.2 Å². The number of hydrogen-bond acceptors (Lipinski definition) is 6. The van der Waals surface area contributed by atoms with E-state index in [4.69, 9.17) is 26.8 Å². The number of primary amides is 1. The highest BCUT2D eigenvalue weighted by atomic mass is 35.5. The fraction of sp³-hybridized carbons (Fsp3) is 0.200. The predicted molar refractivity (Wildman–Crippen MR) is 135 cm³/mol. The predicted octanol–water partition coefficient (Wildman–Crippen LogP) is 3.45. The number of nitrogens with one attached hydrogen (secondary N) is 1. The van der Waals surface area contributed by atoms with Crippen molar-refractivity contribution in [3.8, 4) is 16.9 Å². The molecule has 1 fully saturated rings. The van der Waals surface area contributed by atoms with E-state index < -0.39 is 22.0 Å². The van der Waals surface area contributed by atoms with Gasteiger partial charge in [0, 0.05) is 41.4 Å². The first-order chi connectivity index (χ1) is 17.3. The minimum Gasteiger partial charge on any atom is -0.491 e. The quantitative estimate of drug-likeness (QED) is 0.379. The van der Waals surface area contributed by atoms with E-state index in [0.717, 1.165) is 11.1 Å². The molecule has 1 saturated heterocycles. The lowest BCUT2D eigenvalue weighted by molar-refractivity contribution is -0.0249. The van der Waals surface area contributed by atoms with Crippen LogP contribution in [0.2, 0.25) is 5.02 Å². The topological polar surface area (TPSA) is 128 Å². The molecular formula is C25H23ClN4O5S. The van der Waals surface area contributed by atoms with Crippen molar-refractivity contribution in [3.63, 3.8) is 0 Å². The standard InChI is InChI=1S/C25H23ClN4O5S/c26-18-4-5-22-21(13-18)24(23(29-22)25(27)31)36(32,33)30-10-11-34-20(14-30)15-35-19-3-1-2-17(12-19)16-6-8-28-9-7-16/h1-9,12-13,20,29H,10-11,14-15H2,(H2,27,31). The average Bonchev–Trinajstić information content (AvgIpc) is 3.28. The van der Waals surface area contributed by atoms with Gasteiger partial charge in [0.25, 0.3) is 5.91 Å². The fourth-order valence-electron chi connectivity index (χ4n) is 4.22. The second kappa shape index (κ2) is 9.90. The van der Waals surface area contributed by atoms with Crippen molar-refractivity contribution in [2.24, 2.45) is 5.73 Å². The first-order valence-electron chi connectivity index (χ1n) is 11.2. The molecule has 1 amide bonds. The van der Waals surface area contributed by atoms with Gasteiger partial charge in [-0.3, -0.25) is 9.78 Å².